The van der Waals surface area contributed by atoms with Gasteiger partial charge in [-0.05, 0) is 96.0 Å². The van der Waals surface area contributed by atoms with E-state index >= 15 is 0 Å². The average molecular weight is 571 g/mol. The molecule has 230 valence electrons. The SMILES string of the molecule is CC1=C[C@H](O)CC(C)(C)[C@H]1CC/C(C)=C/C=C/C(C)=C/C=C/C=C(C)/C=C/C=C(C)/C=C/C1=C(C)C[C@H](O)CC1(C)C. The molecule has 0 bridgehead atoms. The molecule has 2 N–H and O–H groups in total. The van der Waals surface area contributed by atoms with Crippen molar-refractivity contribution in [1.29, 1.82) is 0 Å². The van der Waals surface area contributed by atoms with Gasteiger partial charge in [-0.25, -0.2) is 0 Å². The molecule has 0 spiro atoms. The summed E-state index contributed by atoms with van der Waals surface area (Å²) in [5, 5.41) is 20.2. The van der Waals surface area contributed by atoms with E-state index in [1.807, 2.05) is 6.08 Å². The number of aliphatic hydroxyl groups excluding tert-OH is 2. The fourth-order valence-electron chi connectivity index (χ4n) is 6.54. The van der Waals surface area contributed by atoms with E-state index < -0.39 is 0 Å². The topological polar surface area (TPSA) is 40.5 Å². The highest BCUT2D eigenvalue weighted by molar-refractivity contribution is 5.38. The van der Waals surface area contributed by atoms with E-state index in [4.69, 9.17) is 0 Å². The van der Waals surface area contributed by atoms with E-state index in [1.54, 1.807) is 0 Å². The molecule has 2 nitrogen and oxygen atoms in total. The molecule has 0 heterocycles. The summed E-state index contributed by atoms with van der Waals surface area (Å²) < 4.78 is 0. The Hall–Kier alpha value is -2.68. The molecular weight excluding hydrogens is 512 g/mol. The van der Waals surface area contributed by atoms with Crippen molar-refractivity contribution in [2.75, 3.05) is 0 Å². The van der Waals surface area contributed by atoms with Crippen molar-refractivity contribution < 1.29 is 10.2 Å². The third-order valence-electron chi connectivity index (χ3n) is 8.79. The van der Waals surface area contributed by atoms with Crippen molar-refractivity contribution in [3.63, 3.8) is 0 Å². The lowest BCUT2D eigenvalue weighted by Gasteiger charge is -2.40. The molecule has 0 unspecified atom stereocenters. The monoisotopic (exact) mass is 570 g/mol. The van der Waals surface area contributed by atoms with Crippen LogP contribution in [0.5, 0.6) is 0 Å². The van der Waals surface area contributed by atoms with Gasteiger partial charge in [0, 0.05) is 0 Å². The Morgan fingerprint density at radius 3 is 1.90 bits per heavy atom. The molecule has 2 rings (SSSR count). The molecule has 42 heavy (non-hydrogen) atoms. The Bertz CT molecular complexity index is 1230. The third kappa shape index (κ3) is 11.9. The van der Waals surface area contributed by atoms with Gasteiger partial charge in [0.25, 0.3) is 0 Å². The van der Waals surface area contributed by atoms with Crippen molar-refractivity contribution in [3.05, 3.63) is 118 Å². The number of rotatable bonds is 11. The third-order valence-corrected chi connectivity index (χ3v) is 8.79. The molecule has 2 heteroatoms. The summed E-state index contributed by atoms with van der Waals surface area (Å²) in [4.78, 5) is 0. The second kappa shape index (κ2) is 16.2. The van der Waals surface area contributed by atoms with E-state index in [-0.39, 0.29) is 23.0 Å². The highest BCUT2D eigenvalue weighted by atomic mass is 16.3. The number of aliphatic hydroxyl groups is 2. The first kappa shape index (κ1) is 35.5. The minimum Gasteiger partial charge on any atom is -0.393 e. The maximum atomic E-state index is 10.1. The summed E-state index contributed by atoms with van der Waals surface area (Å²) in [6.07, 6.45) is 31.9. The van der Waals surface area contributed by atoms with Gasteiger partial charge < -0.3 is 10.2 Å². The first-order valence-electron chi connectivity index (χ1n) is 15.7. The summed E-state index contributed by atoms with van der Waals surface area (Å²) in [5.74, 6) is 0.529. The normalized spacial score (nSPS) is 26.4. The van der Waals surface area contributed by atoms with Gasteiger partial charge in [0.1, 0.15) is 0 Å². The van der Waals surface area contributed by atoms with Crippen molar-refractivity contribution in [2.24, 2.45) is 16.7 Å². The quantitative estimate of drug-likeness (QED) is 0.192. The first-order valence-corrected chi connectivity index (χ1v) is 15.7. The summed E-state index contributed by atoms with van der Waals surface area (Å²) in [6.45, 7) is 21.9. The van der Waals surface area contributed by atoms with Crippen LogP contribution in [0, 0.1) is 16.7 Å². The molecule has 0 radical (unpaired) electrons. The lowest BCUT2D eigenvalue weighted by Crippen LogP contribution is -2.33. The van der Waals surface area contributed by atoms with Gasteiger partial charge >= 0.3 is 0 Å². The van der Waals surface area contributed by atoms with Crippen molar-refractivity contribution in [3.8, 4) is 0 Å². The molecule has 0 fully saturated rings. The van der Waals surface area contributed by atoms with Crippen LogP contribution < -0.4 is 0 Å². The molecule has 2 aliphatic rings. The van der Waals surface area contributed by atoms with Crippen LogP contribution in [0.4, 0.5) is 0 Å². The molecule has 2 aliphatic carbocycles. The van der Waals surface area contributed by atoms with Gasteiger partial charge in [-0.2, -0.15) is 0 Å². The van der Waals surface area contributed by atoms with Gasteiger partial charge in [0.05, 0.1) is 12.2 Å². The first-order chi connectivity index (χ1) is 19.6. The summed E-state index contributed by atoms with van der Waals surface area (Å²) in [7, 11) is 0. The fraction of sp³-hybridized carbons (Fsp3) is 0.500. The molecule has 0 aliphatic heterocycles. The maximum absolute atomic E-state index is 10.1. The molecule has 3 atom stereocenters. The Morgan fingerprint density at radius 2 is 1.33 bits per heavy atom. The van der Waals surface area contributed by atoms with Crippen LogP contribution in [0.3, 0.4) is 0 Å². The van der Waals surface area contributed by atoms with Crippen molar-refractivity contribution in [2.45, 2.75) is 114 Å². The largest absolute Gasteiger partial charge is 0.393 e. The van der Waals surface area contributed by atoms with Gasteiger partial charge in [0.2, 0.25) is 0 Å². The van der Waals surface area contributed by atoms with E-state index in [0.717, 1.165) is 32.1 Å². The molecule has 0 aromatic heterocycles. The highest BCUT2D eigenvalue weighted by Crippen LogP contribution is 2.44. The Balaban J connectivity index is 1.85. The van der Waals surface area contributed by atoms with Crippen molar-refractivity contribution >= 4 is 0 Å². The molecular formula is C40H58O2. The maximum Gasteiger partial charge on any atom is 0.0728 e. The highest BCUT2D eigenvalue weighted by Gasteiger charge is 2.35. The summed E-state index contributed by atoms with van der Waals surface area (Å²) in [5.41, 5.74) is 9.13. The molecule has 0 saturated carbocycles. The van der Waals surface area contributed by atoms with E-state index in [9.17, 15) is 10.2 Å². The smallest absolute Gasteiger partial charge is 0.0728 e. The zero-order chi connectivity index (χ0) is 31.5. The second-order valence-electron chi connectivity index (χ2n) is 14.1. The van der Waals surface area contributed by atoms with Gasteiger partial charge in [-0.15, -0.1) is 0 Å². The van der Waals surface area contributed by atoms with Crippen LogP contribution in [-0.4, -0.2) is 22.4 Å². The number of hydrogen-bond donors (Lipinski definition) is 2. The predicted molar refractivity (Wildman–Crippen MR) is 184 cm³/mol. The lowest BCUT2D eigenvalue weighted by molar-refractivity contribution is 0.0983. The number of hydrogen-bond acceptors (Lipinski definition) is 2. The molecule has 0 aromatic carbocycles. The molecule has 0 saturated heterocycles. The Kier molecular flexibility index (Phi) is 13.7. The van der Waals surface area contributed by atoms with Gasteiger partial charge in [-0.1, -0.05) is 140 Å². The average Bonchev–Trinajstić information content (AvgIpc) is 2.84. The van der Waals surface area contributed by atoms with Crippen LogP contribution >= 0.6 is 0 Å². The van der Waals surface area contributed by atoms with Crippen LogP contribution in [-0.2, 0) is 0 Å². The fourth-order valence-corrected chi connectivity index (χ4v) is 6.54. The van der Waals surface area contributed by atoms with E-state index in [1.165, 1.54) is 39.0 Å². The van der Waals surface area contributed by atoms with Gasteiger partial charge in [0.15, 0.2) is 0 Å². The zero-order valence-electron chi connectivity index (χ0n) is 28.2. The second-order valence-corrected chi connectivity index (χ2v) is 14.1. The van der Waals surface area contributed by atoms with Crippen LogP contribution in [0.2, 0.25) is 0 Å². The Morgan fingerprint density at radius 1 is 0.786 bits per heavy atom. The van der Waals surface area contributed by atoms with Crippen molar-refractivity contribution in [1.82, 2.24) is 0 Å². The zero-order valence-corrected chi connectivity index (χ0v) is 28.2. The van der Waals surface area contributed by atoms with Crippen LogP contribution in [0.25, 0.3) is 0 Å². The van der Waals surface area contributed by atoms with Gasteiger partial charge in [-0.3, -0.25) is 0 Å². The molecule has 0 amide bonds. The Labute approximate surface area is 258 Å². The van der Waals surface area contributed by atoms with Crippen LogP contribution in [0.1, 0.15) is 101 Å². The van der Waals surface area contributed by atoms with E-state index in [0.29, 0.717) is 5.92 Å². The summed E-state index contributed by atoms with van der Waals surface area (Å²) >= 11 is 0. The minimum atomic E-state index is -0.297. The number of allylic oxidation sites excluding steroid dienone is 18. The predicted octanol–water partition coefficient (Wildman–Crippen LogP) is 10.6. The summed E-state index contributed by atoms with van der Waals surface area (Å²) in [6, 6.07) is 0. The standard InChI is InChI=1S/C40H58O2/c1-29(17-13-19-31(3)21-23-37-33(5)25-35(41)27-39(37,7)8)15-11-12-16-30(2)18-14-20-32(4)22-24-38-34(6)26-36(42)28-40(38,9)10/h11-21,23,26,35-36,38,41-42H,22,24-25,27-28H2,1-10H3/b12-11+,17-13+,18-14+,23-21+,29-15+,30-16+,31-19+,32-20+/t35-,36-,38-/m0/s1. The minimum absolute atomic E-state index is 0.00791. The van der Waals surface area contributed by atoms with E-state index in [2.05, 4.69) is 142 Å². The lowest BCUT2D eigenvalue weighted by atomic mass is 9.66. The molecule has 0 aromatic rings. The van der Waals surface area contributed by atoms with Crippen LogP contribution in [0.15, 0.2) is 118 Å².